The molecule has 0 aliphatic carbocycles. The summed E-state index contributed by atoms with van der Waals surface area (Å²) in [7, 11) is 0. The molecule has 3 nitrogen and oxygen atoms in total. The summed E-state index contributed by atoms with van der Waals surface area (Å²) >= 11 is 8.08. The molecule has 1 saturated heterocycles. The summed E-state index contributed by atoms with van der Waals surface area (Å²) in [4.78, 5) is 4.36. The predicted molar refractivity (Wildman–Crippen MR) is 70.1 cm³/mol. The molecule has 0 saturated carbocycles. The number of nitrogen functional groups attached to an aromatic ring is 1. The molecular weight excluding hydrogens is 242 g/mol. The van der Waals surface area contributed by atoms with Crippen molar-refractivity contribution in [1.29, 1.82) is 0 Å². The zero-order valence-corrected chi connectivity index (χ0v) is 10.3. The fraction of sp³-hybridized carbons (Fsp3) is 0.364. The molecule has 5 heteroatoms. The Morgan fingerprint density at radius 3 is 3.12 bits per heavy atom. The lowest BCUT2D eigenvalue weighted by Gasteiger charge is -2.13. The molecular formula is C11H12ClN3S. The summed E-state index contributed by atoms with van der Waals surface area (Å²) in [5.74, 6) is 2.89. The topological polar surface area (TPSA) is 43.8 Å². The van der Waals surface area contributed by atoms with E-state index < -0.39 is 0 Å². The largest absolute Gasteiger partial charge is 0.369 e. The molecule has 1 fully saturated rings. The average Bonchev–Trinajstić information content (AvgIpc) is 2.85. The van der Waals surface area contributed by atoms with Gasteiger partial charge in [-0.3, -0.25) is 0 Å². The van der Waals surface area contributed by atoms with Gasteiger partial charge in [-0.05, 0) is 24.3 Å². The van der Waals surface area contributed by atoms with Crippen molar-refractivity contribution in [1.82, 2.24) is 9.55 Å². The van der Waals surface area contributed by atoms with Crippen LogP contribution < -0.4 is 5.73 Å². The van der Waals surface area contributed by atoms with Crippen LogP contribution in [-0.2, 0) is 0 Å². The third-order valence-corrected chi connectivity index (χ3v) is 4.42. The predicted octanol–water partition coefficient (Wildman–Crippen LogP) is 2.95. The molecule has 1 aromatic heterocycles. The van der Waals surface area contributed by atoms with E-state index in [2.05, 4.69) is 9.55 Å². The Morgan fingerprint density at radius 2 is 2.38 bits per heavy atom. The smallest absolute Gasteiger partial charge is 0.201 e. The van der Waals surface area contributed by atoms with Crippen molar-refractivity contribution in [3.05, 3.63) is 23.2 Å². The first kappa shape index (κ1) is 10.3. The maximum atomic E-state index is 6.11. The molecule has 84 valence electrons. The SMILES string of the molecule is Nc1nc2c(Cl)cccc2n1C1CCSC1. The highest BCUT2D eigenvalue weighted by molar-refractivity contribution is 7.99. The molecule has 1 atom stereocenters. The number of hydrogen-bond acceptors (Lipinski definition) is 3. The standard InChI is InChI=1S/C11H12ClN3S/c12-8-2-1-3-9-10(8)14-11(13)15(9)7-4-5-16-6-7/h1-3,7H,4-6H2,(H2,13,14). The number of nitrogens with zero attached hydrogens (tertiary/aromatic N) is 2. The molecule has 3 rings (SSSR count). The van der Waals surface area contributed by atoms with Crippen LogP contribution in [0.5, 0.6) is 0 Å². The van der Waals surface area contributed by atoms with E-state index in [1.165, 1.54) is 5.75 Å². The van der Waals surface area contributed by atoms with E-state index in [9.17, 15) is 0 Å². The minimum Gasteiger partial charge on any atom is -0.369 e. The maximum Gasteiger partial charge on any atom is 0.201 e. The first-order valence-corrected chi connectivity index (χ1v) is 6.80. The Kier molecular flexibility index (Phi) is 2.48. The third kappa shape index (κ3) is 1.48. The Balaban J connectivity index is 2.22. The summed E-state index contributed by atoms with van der Waals surface area (Å²) < 4.78 is 2.13. The van der Waals surface area contributed by atoms with Crippen LogP contribution in [0.15, 0.2) is 18.2 Å². The molecule has 0 amide bonds. The van der Waals surface area contributed by atoms with E-state index in [4.69, 9.17) is 17.3 Å². The van der Waals surface area contributed by atoms with Gasteiger partial charge in [-0.1, -0.05) is 17.7 Å². The van der Waals surface area contributed by atoms with E-state index in [0.717, 1.165) is 23.2 Å². The van der Waals surface area contributed by atoms with Crippen LogP contribution in [0.2, 0.25) is 5.02 Å². The fourth-order valence-electron chi connectivity index (χ4n) is 2.21. The molecule has 2 aromatic rings. The van der Waals surface area contributed by atoms with Gasteiger partial charge in [0.05, 0.1) is 10.5 Å². The van der Waals surface area contributed by atoms with Crippen molar-refractivity contribution in [3.63, 3.8) is 0 Å². The number of imidazole rings is 1. The van der Waals surface area contributed by atoms with Gasteiger partial charge in [0.1, 0.15) is 5.52 Å². The van der Waals surface area contributed by atoms with Crippen molar-refractivity contribution >= 4 is 40.3 Å². The van der Waals surface area contributed by atoms with Crippen molar-refractivity contribution in [3.8, 4) is 0 Å². The van der Waals surface area contributed by atoms with Gasteiger partial charge in [-0.15, -0.1) is 0 Å². The molecule has 1 aliphatic heterocycles. The molecule has 0 radical (unpaired) electrons. The van der Waals surface area contributed by atoms with E-state index in [0.29, 0.717) is 17.0 Å². The first-order valence-electron chi connectivity index (χ1n) is 5.27. The number of nitrogens with two attached hydrogens (primary N) is 1. The highest BCUT2D eigenvalue weighted by Crippen LogP contribution is 2.34. The zero-order valence-electron chi connectivity index (χ0n) is 8.69. The van der Waals surface area contributed by atoms with Gasteiger partial charge in [-0.25, -0.2) is 4.98 Å². The molecule has 1 aromatic carbocycles. The van der Waals surface area contributed by atoms with Crippen molar-refractivity contribution in [2.45, 2.75) is 12.5 Å². The van der Waals surface area contributed by atoms with Crippen molar-refractivity contribution < 1.29 is 0 Å². The van der Waals surface area contributed by atoms with Crippen molar-refractivity contribution in [2.24, 2.45) is 0 Å². The lowest BCUT2D eigenvalue weighted by molar-refractivity contribution is 0.583. The summed E-state index contributed by atoms with van der Waals surface area (Å²) in [6.07, 6.45) is 1.16. The number of hydrogen-bond donors (Lipinski definition) is 1. The molecule has 16 heavy (non-hydrogen) atoms. The van der Waals surface area contributed by atoms with Crippen LogP contribution in [0.1, 0.15) is 12.5 Å². The molecule has 0 bridgehead atoms. The number of fused-ring (bicyclic) bond motifs is 1. The van der Waals surface area contributed by atoms with Gasteiger partial charge in [0.25, 0.3) is 0 Å². The van der Waals surface area contributed by atoms with Gasteiger partial charge in [0.15, 0.2) is 0 Å². The molecule has 2 N–H and O–H groups in total. The second-order valence-corrected chi connectivity index (χ2v) is 5.52. The van der Waals surface area contributed by atoms with E-state index in [-0.39, 0.29) is 0 Å². The van der Waals surface area contributed by atoms with Crippen LogP contribution in [0.25, 0.3) is 11.0 Å². The van der Waals surface area contributed by atoms with Gasteiger partial charge in [0.2, 0.25) is 5.95 Å². The molecule has 2 heterocycles. The second-order valence-electron chi connectivity index (χ2n) is 3.96. The lowest BCUT2D eigenvalue weighted by Crippen LogP contribution is -2.10. The minimum absolute atomic E-state index is 0.466. The van der Waals surface area contributed by atoms with Crippen LogP contribution in [-0.4, -0.2) is 21.1 Å². The monoisotopic (exact) mass is 253 g/mol. The molecule has 1 aliphatic rings. The normalized spacial score (nSPS) is 20.7. The summed E-state index contributed by atoms with van der Waals surface area (Å²) in [5.41, 5.74) is 7.86. The number of aromatic nitrogens is 2. The quantitative estimate of drug-likeness (QED) is 0.850. The first-order chi connectivity index (χ1) is 7.77. The van der Waals surface area contributed by atoms with Gasteiger partial charge >= 0.3 is 0 Å². The number of halogens is 1. The Morgan fingerprint density at radius 1 is 1.50 bits per heavy atom. The van der Waals surface area contributed by atoms with E-state index in [1.54, 1.807) is 0 Å². The molecule has 0 spiro atoms. The van der Waals surface area contributed by atoms with Crippen LogP contribution >= 0.6 is 23.4 Å². The number of benzene rings is 1. The highest BCUT2D eigenvalue weighted by atomic mass is 35.5. The van der Waals surface area contributed by atoms with Gasteiger partial charge in [0, 0.05) is 11.8 Å². The number of thioether (sulfide) groups is 1. The average molecular weight is 254 g/mol. The Hall–Kier alpha value is -0.870. The lowest BCUT2D eigenvalue weighted by atomic mass is 10.2. The van der Waals surface area contributed by atoms with Crippen LogP contribution in [0, 0.1) is 0 Å². The van der Waals surface area contributed by atoms with E-state index in [1.807, 2.05) is 30.0 Å². The van der Waals surface area contributed by atoms with Crippen LogP contribution in [0.3, 0.4) is 0 Å². The highest BCUT2D eigenvalue weighted by Gasteiger charge is 2.22. The van der Waals surface area contributed by atoms with Crippen molar-refractivity contribution in [2.75, 3.05) is 17.2 Å². The van der Waals surface area contributed by atoms with Gasteiger partial charge in [-0.2, -0.15) is 11.8 Å². The number of anilines is 1. The Labute approximate surface area is 103 Å². The summed E-state index contributed by atoms with van der Waals surface area (Å²) in [6, 6.07) is 6.30. The van der Waals surface area contributed by atoms with Crippen LogP contribution in [0.4, 0.5) is 5.95 Å². The fourth-order valence-corrected chi connectivity index (χ4v) is 3.62. The third-order valence-electron chi connectivity index (χ3n) is 2.97. The Bertz CT molecular complexity index is 531. The zero-order chi connectivity index (χ0) is 11.1. The summed E-state index contributed by atoms with van der Waals surface area (Å²) in [5, 5.41) is 0.675. The number of para-hydroxylation sites is 1. The second kappa shape index (κ2) is 3.86. The minimum atomic E-state index is 0.466. The van der Waals surface area contributed by atoms with Gasteiger partial charge < -0.3 is 10.3 Å². The molecule has 1 unspecified atom stereocenters. The van der Waals surface area contributed by atoms with E-state index >= 15 is 0 Å². The maximum absolute atomic E-state index is 6.11. The summed E-state index contributed by atoms with van der Waals surface area (Å²) in [6.45, 7) is 0. The number of rotatable bonds is 1.